The van der Waals surface area contributed by atoms with Gasteiger partial charge in [0, 0.05) is 30.9 Å². The molecule has 0 atom stereocenters. The van der Waals surface area contributed by atoms with Gasteiger partial charge in [0.15, 0.2) is 3.95 Å². The number of urea groups is 1. The van der Waals surface area contributed by atoms with Gasteiger partial charge in [0.1, 0.15) is 0 Å². The molecule has 2 amide bonds. The number of nitrogens with zero attached hydrogens (tertiary/aromatic N) is 2. The minimum absolute atomic E-state index is 0.0452. The molecule has 0 spiro atoms. The van der Waals surface area contributed by atoms with Gasteiger partial charge in [0.2, 0.25) is 10.0 Å². The minimum atomic E-state index is -3.53. The molecule has 1 aromatic heterocycles. The van der Waals surface area contributed by atoms with Crippen LogP contribution in [0.4, 0.5) is 10.5 Å². The number of sulfonamides is 1. The summed E-state index contributed by atoms with van der Waals surface area (Å²) in [6.45, 7) is 6.58. The summed E-state index contributed by atoms with van der Waals surface area (Å²) >= 11 is 6.71. The first kappa shape index (κ1) is 23.9. The van der Waals surface area contributed by atoms with Crippen molar-refractivity contribution in [3.05, 3.63) is 52.0 Å². The topological polar surface area (TPSA) is 85.5 Å². The lowest BCUT2D eigenvalue weighted by Gasteiger charge is -2.34. The number of amides is 2. The van der Waals surface area contributed by atoms with Gasteiger partial charge in [-0.25, -0.2) is 13.2 Å². The average Bonchev–Trinajstić information content (AvgIpc) is 3.13. The number of benzene rings is 2. The summed E-state index contributed by atoms with van der Waals surface area (Å²) in [6, 6.07) is 12.5. The molecule has 10 heteroatoms. The van der Waals surface area contributed by atoms with Crippen molar-refractivity contribution in [2.24, 2.45) is 0 Å². The van der Waals surface area contributed by atoms with Crippen LogP contribution in [-0.2, 0) is 10.0 Å². The number of rotatable bonds is 5. The fourth-order valence-electron chi connectivity index (χ4n) is 4.14. The lowest BCUT2D eigenvalue weighted by molar-refractivity contribution is 0.231. The van der Waals surface area contributed by atoms with Gasteiger partial charge in [0.05, 0.1) is 15.1 Å². The zero-order valence-electron chi connectivity index (χ0n) is 18.9. The molecule has 0 saturated carbocycles. The number of H-pyrrole nitrogens is 1. The molecule has 2 aromatic carbocycles. The number of carbonyl (C=O) groups is 1. The molecule has 2 heterocycles. The van der Waals surface area contributed by atoms with Crippen molar-refractivity contribution in [3.8, 4) is 0 Å². The summed E-state index contributed by atoms with van der Waals surface area (Å²) in [6.07, 6.45) is 1.14. The predicted octanol–water partition coefficient (Wildman–Crippen LogP) is 5.05. The van der Waals surface area contributed by atoms with Gasteiger partial charge < -0.3 is 10.3 Å². The van der Waals surface area contributed by atoms with Gasteiger partial charge >= 0.3 is 6.03 Å². The molecule has 0 unspecified atom stereocenters. The van der Waals surface area contributed by atoms with Crippen LogP contribution < -0.4 is 10.2 Å². The van der Waals surface area contributed by atoms with Gasteiger partial charge in [-0.15, -0.1) is 11.3 Å². The van der Waals surface area contributed by atoms with Crippen molar-refractivity contribution >= 4 is 55.5 Å². The van der Waals surface area contributed by atoms with E-state index in [0.29, 0.717) is 34.8 Å². The second-order valence-electron chi connectivity index (χ2n) is 8.60. The molecule has 1 fully saturated rings. The number of hydrogen-bond acceptors (Lipinski definition) is 5. The molecule has 1 aliphatic rings. The van der Waals surface area contributed by atoms with Gasteiger partial charge in [-0.05, 0) is 81.7 Å². The highest BCUT2D eigenvalue weighted by molar-refractivity contribution is 7.89. The normalized spacial score (nSPS) is 15.8. The van der Waals surface area contributed by atoms with Gasteiger partial charge in [-0.2, -0.15) is 4.31 Å². The predicted molar refractivity (Wildman–Crippen MR) is 136 cm³/mol. The quantitative estimate of drug-likeness (QED) is 0.477. The first-order valence-electron chi connectivity index (χ1n) is 10.9. The second kappa shape index (κ2) is 9.54. The van der Waals surface area contributed by atoms with Crippen LogP contribution in [0.5, 0.6) is 0 Å². The van der Waals surface area contributed by atoms with E-state index in [9.17, 15) is 13.2 Å². The maximum Gasteiger partial charge on any atom is 0.322 e. The number of fused-ring (bicyclic) bond motifs is 1. The van der Waals surface area contributed by atoms with Crippen LogP contribution in [0.2, 0.25) is 0 Å². The zero-order valence-corrected chi connectivity index (χ0v) is 21.3. The number of aromatic amines is 1. The molecule has 0 radical (unpaired) electrons. The number of piperidine rings is 1. The summed E-state index contributed by atoms with van der Waals surface area (Å²) in [5, 5.41) is 3.11. The lowest BCUT2D eigenvalue weighted by Crippen LogP contribution is -2.51. The third-order valence-electron chi connectivity index (χ3n) is 5.83. The third-order valence-corrected chi connectivity index (χ3v) is 8.92. The van der Waals surface area contributed by atoms with E-state index in [4.69, 9.17) is 12.2 Å². The maximum absolute atomic E-state index is 13.2. The Labute approximate surface area is 203 Å². The van der Waals surface area contributed by atoms with E-state index in [-0.39, 0.29) is 18.1 Å². The van der Waals surface area contributed by atoms with Crippen molar-refractivity contribution in [1.29, 1.82) is 0 Å². The Hall–Kier alpha value is -2.27. The Morgan fingerprint density at radius 1 is 1.21 bits per heavy atom. The fraction of sp³-hybridized carbons (Fsp3) is 0.391. The van der Waals surface area contributed by atoms with Crippen LogP contribution in [0, 0.1) is 10.9 Å². The molecule has 0 bridgehead atoms. The highest BCUT2D eigenvalue weighted by Gasteiger charge is 2.31. The number of aryl methyl sites for hydroxylation is 1. The van der Waals surface area contributed by atoms with Crippen molar-refractivity contribution in [2.45, 2.75) is 50.6 Å². The number of aromatic nitrogens is 1. The summed E-state index contributed by atoms with van der Waals surface area (Å²) < 4.78 is 29.2. The van der Waals surface area contributed by atoms with Crippen LogP contribution in [0.25, 0.3) is 10.2 Å². The molecular formula is C23H28N4O3S3. The molecule has 3 aromatic rings. The summed E-state index contributed by atoms with van der Waals surface area (Å²) in [5.41, 5.74) is 2.68. The number of anilines is 1. The van der Waals surface area contributed by atoms with Crippen LogP contribution in [0.15, 0.2) is 47.4 Å². The molecular weight excluding hydrogens is 476 g/mol. The van der Waals surface area contributed by atoms with Gasteiger partial charge in [-0.3, -0.25) is 4.90 Å². The maximum atomic E-state index is 13.2. The van der Waals surface area contributed by atoms with E-state index in [2.05, 4.69) is 10.3 Å². The summed E-state index contributed by atoms with van der Waals surface area (Å²) in [7, 11) is -3.53. The average molecular weight is 505 g/mol. The summed E-state index contributed by atoms with van der Waals surface area (Å²) in [4.78, 5) is 18.4. The zero-order chi connectivity index (χ0) is 23.8. The number of thiazole rings is 1. The fourth-order valence-corrected chi connectivity index (χ4v) is 6.87. The highest BCUT2D eigenvalue weighted by atomic mass is 32.2. The van der Waals surface area contributed by atoms with Gasteiger partial charge in [-0.1, -0.05) is 12.1 Å². The van der Waals surface area contributed by atoms with Crippen molar-refractivity contribution < 1.29 is 13.2 Å². The first-order valence-corrected chi connectivity index (χ1v) is 13.6. The van der Waals surface area contributed by atoms with Crippen LogP contribution in [0.1, 0.15) is 32.3 Å². The Balaban J connectivity index is 1.43. The van der Waals surface area contributed by atoms with E-state index < -0.39 is 10.0 Å². The number of nitrogens with one attached hydrogen (secondary N) is 2. The Morgan fingerprint density at radius 2 is 1.94 bits per heavy atom. The van der Waals surface area contributed by atoms with E-state index in [0.717, 1.165) is 21.5 Å². The Morgan fingerprint density at radius 3 is 2.61 bits per heavy atom. The third kappa shape index (κ3) is 5.13. The largest absolute Gasteiger partial charge is 0.337 e. The molecule has 0 aliphatic carbocycles. The van der Waals surface area contributed by atoms with Crippen LogP contribution >= 0.6 is 23.6 Å². The van der Waals surface area contributed by atoms with Crippen LogP contribution in [0.3, 0.4) is 0 Å². The molecule has 33 heavy (non-hydrogen) atoms. The molecule has 7 nitrogen and oxygen atoms in total. The molecule has 176 valence electrons. The lowest BCUT2D eigenvalue weighted by atomic mass is 10.1. The smallest absolute Gasteiger partial charge is 0.322 e. The number of carbonyl (C=O) groups excluding carboxylic acids is 1. The second-order valence-corrected chi connectivity index (χ2v) is 12.3. The van der Waals surface area contributed by atoms with Crippen LogP contribution in [-0.4, -0.2) is 48.9 Å². The monoisotopic (exact) mass is 504 g/mol. The Bertz CT molecular complexity index is 1320. The standard InChI is InChI=1S/C23H28N4O3S3/c1-15(2)27(18-7-8-20-21(14-18)32-23(31)25-20)22(28)24-17-9-11-26(12-10-17)33(29,30)19-6-4-5-16(3)13-19/h4-8,13-15,17H,9-12H2,1-3H3,(H,24,28)(H,25,31). The molecule has 1 saturated heterocycles. The number of hydrogen-bond donors (Lipinski definition) is 2. The van der Waals surface area contributed by atoms with Crippen molar-refractivity contribution in [1.82, 2.24) is 14.6 Å². The van der Waals surface area contributed by atoms with E-state index >= 15 is 0 Å². The van der Waals surface area contributed by atoms with E-state index in [1.165, 1.54) is 15.6 Å². The molecule has 4 rings (SSSR count). The van der Waals surface area contributed by atoms with E-state index in [1.54, 1.807) is 23.1 Å². The minimum Gasteiger partial charge on any atom is -0.337 e. The molecule has 2 N–H and O–H groups in total. The van der Waals surface area contributed by atoms with Crippen molar-refractivity contribution in [2.75, 3.05) is 18.0 Å². The first-order chi connectivity index (χ1) is 15.6. The SMILES string of the molecule is Cc1cccc(S(=O)(=O)N2CCC(NC(=O)N(c3ccc4[nH]c(=S)sc4c3)C(C)C)CC2)c1. The Kier molecular flexibility index (Phi) is 6.90. The summed E-state index contributed by atoms with van der Waals surface area (Å²) in [5.74, 6) is 0. The van der Waals surface area contributed by atoms with E-state index in [1.807, 2.05) is 45.0 Å². The highest BCUT2D eigenvalue weighted by Crippen LogP contribution is 2.27. The van der Waals surface area contributed by atoms with Gasteiger partial charge in [0.25, 0.3) is 0 Å². The van der Waals surface area contributed by atoms with Crippen molar-refractivity contribution in [3.63, 3.8) is 0 Å². The molecule has 1 aliphatic heterocycles.